The minimum Gasteiger partial charge on any atom is -0.389 e. The largest absolute Gasteiger partial charge is 0.389 e. The summed E-state index contributed by atoms with van der Waals surface area (Å²) in [6.45, 7) is 7.43. The van der Waals surface area contributed by atoms with Crippen LogP contribution in [0.25, 0.3) is 0 Å². The first kappa shape index (κ1) is 10.4. The number of hydrogen-bond donors (Lipinski definition) is 2. The van der Waals surface area contributed by atoms with Crippen LogP contribution in [0.5, 0.6) is 0 Å². The molecular weight excluding hydrogens is 140 g/mol. The summed E-state index contributed by atoms with van der Waals surface area (Å²) in [6.07, 6.45) is 0. The summed E-state index contributed by atoms with van der Waals surface area (Å²) in [6, 6.07) is 1.97. The Morgan fingerprint density at radius 1 is 1.36 bits per heavy atom. The number of nitriles is 1. The molecule has 0 aliphatic carbocycles. The predicted octanol–water partition coefficient (Wildman–Crippen LogP) is 0.649. The van der Waals surface area contributed by atoms with Crippen molar-refractivity contribution in [2.24, 2.45) is 0 Å². The Hall–Kier alpha value is -0.590. The third-order valence-corrected chi connectivity index (χ3v) is 2.14. The number of aliphatic hydroxyl groups is 1. The fourth-order valence-electron chi connectivity index (χ4n) is 0.477. The van der Waals surface area contributed by atoms with Gasteiger partial charge in [-0.05, 0) is 27.7 Å². The molecule has 0 heterocycles. The SMILES string of the molecule is CC(C)(O)C(C)(C)NCC#N. The van der Waals surface area contributed by atoms with E-state index in [2.05, 4.69) is 5.32 Å². The number of rotatable bonds is 3. The Balaban J connectivity index is 4.13. The molecule has 2 N–H and O–H groups in total. The van der Waals surface area contributed by atoms with Crippen LogP contribution in [0.3, 0.4) is 0 Å². The second-order valence-electron chi connectivity index (χ2n) is 3.70. The molecule has 3 nitrogen and oxygen atoms in total. The monoisotopic (exact) mass is 156 g/mol. The minimum atomic E-state index is -0.816. The van der Waals surface area contributed by atoms with Crippen LogP contribution in [0.2, 0.25) is 0 Å². The summed E-state index contributed by atoms with van der Waals surface area (Å²) in [5, 5.41) is 20.8. The van der Waals surface area contributed by atoms with Crippen LogP contribution < -0.4 is 5.32 Å². The van der Waals surface area contributed by atoms with E-state index < -0.39 is 11.1 Å². The van der Waals surface area contributed by atoms with E-state index in [0.29, 0.717) is 0 Å². The van der Waals surface area contributed by atoms with Gasteiger partial charge in [-0.25, -0.2) is 0 Å². The molecule has 0 aromatic rings. The highest BCUT2D eigenvalue weighted by Crippen LogP contribution is 2.19. The zero-order chi connectivity index (χ0) is 9.12. The van der Waals surface area contributed by atoms with Gasteiger partial charge in [0, 0.05) is 5.54 Å². The van der Waals surface area contributed by atoms with Crippen LogP contribution in [0.4, 0.5) is 0 Å². The first-order valence-corrected chi connectivity index (χ1v) is 3.65. The second-order valence-corrected chi connectivity index (χ2v) is 3.70. The molecule has 0 aliphatic heterocycles. The highest BCUT2D eigenvalue weighted by Gasteiger charge is 2.33. The molecule has 3 heteroatoms. The van der Waals surface area contributed by atoms with Gasteiger partial charge in [0.1, 0.15) is 0 Å². The van der Waals surface area contributed by atoms with Gasteiger partial charge >= 0.3 is 0 Å². The van der Waals surface area contributed by atoms with Gasteiger partial charge < -0.3 is 5.11 Å². The van der Waals surface area contributed by atoms with Crippen molar-refractivity contribution in [1.82, 2.24) is 5.32 Å². The molecule has 0 aromatic heterocycles. The quantitative estimate of drug-likeness (QED) is 0.590. The van der Waals surface area contributed by atoms with Gasteiger partial charge in [0.05, 0.1) is 18.2 Å². The molecule has 0 bridgehead atoms. The van der Waals surface area contributed by atoms with Gasteiger partial charge in [-0.15, -0.1) is 0 Å². The molecule has 0 unspecified atom stereocenters. The summed E-state index contributed by atoms with van der Waals surface area (Å²) in [5.41, 5.74) is -1.24. The van der Waals surface area contributed by atoms with Crippen LogP contribution in [-0.2, 0) is 0 Å². The van der Waals surface area contributed by atoms with E-state index in [9.17, 15) is 5.11 Å². The highest BCUT2D eigenvalue weighted by molar-refractivity contribution is 4.95. The molecule has 0 amide bonds. The normalized spacial score (nSPS) is 12.7. The lowest BCUT2D eigenvalue weighted by atomic mass is 9.86. The molecule has 0 rings (SSSR count). The molecule has 0 aliphatic rings. The molecule has 64 valence electrons. The van der Waals surface area contributed by atoms with Gasteiger partial charge in [0.15, 0.2) is 0 Å². The number of nitrogens with one attached hydrogen (secondary N) is 1. The Kier molecular flexibility index (Phi) is 3.03. The number of hydrogen-bond acceptors (Lipinski definition) is 3. The van der Waals surface area contributed by atoms with Gasteiger partial charge in [0.2, 0.25) is 0 Å². The van der Waals surface area contributed by atoms with Crippen LogP contribution in [0.15, 0.2) is 0 Å². The maximum absolute atomic E-state index is 9.60. The lowest BCUT2D eigenvalue weighted by Crippen LogP contribution is -2.55. The van der Waals surface area contributed by atoms with Crippen LogP contribution in [0, 0.1) is 11.3 Å². The average Bonchev–Trinajstić information content (AvgIpc) is 1.81. The lowest BCUT2D eigenvalue weighted by molar-refractivity contribution is -0.00251. The van der Waals surface area contributed by atoms with Crippen LogP contribution >= 0.6 is 0 Å². The maximum Gasteiger partial charge on any atom is 0.0845 e. The molecule has 0 fully saturated rings. The molecule has 0 atom stereocenters. The summed E-state index contributed by atoms with van der Waals surface area (Å²) < 4.78 is 0. The standard InChI is InChI=1S/C8H16N2O/c1-7(2,8(3,4)11)10-6-5-9/h10-11H,6H2,1-4H3. The highest BCUT2D eigenvalue weighted by atomic mass is 16.3. The third-order valence-electron chi connectivity index (χ3n) is 2.14. The smallest absolute Gasteiger partial charge is 0.0845 e. The second kappa shape index (κ2) is 3.21. The number of nitrogens with zero attached hydrogens (tertiary/aromatic N) is 1. The van der Waals surface area contributed by atoms with Gasteiger partial charge in [-0.2, -0.15) is 5.26 Å². The van der Waals surface area contributed by atoms with E-state index in [-0.39, 0.29) is 6.54 Å². The van der Waals surface area contributed by atoms with Gasteiger partial charge in [-0.1, -0.05) is 0 Å². The summed E-state index contributed by atoms with van der Waals surface area (Å²) >= 11 is 0. The fraction of sp³-hybridized carbons (Fsp3) is 0.875. The first-order chi connectivity index (χ1) is 4.81. The molecule has 0 saturated carbocycles. The van der Waals surface area contributed by atoms with Gasteiger partial charge in [-0.3, -0.25) is 5.32 Å². The fourth-order valence-corrected chi connectivity index (χ4v) is 0.477. The van der Waals surface area contributed by atoms with Crippen molar-refractivity contribution in [3.63, 3.8) is 0 Å². The molecule has 0 aromatic carbocycles. The topological polar surface area (TPSA) is 56.0 Å². The average molecular weight is 156 g/mol. The summed E-state index contributed by atoms with van der Waals surface area (Å²) in [4.78, 5) is 0. The van der Waals surface area contributed by atoms with Crippen molar-refractivity contribution in [1.29, 1.82) is 5.26 Å². The van der Waals surface area contributed by atoms with Crippen molar-refractivity contribution in [2.75, 3.05) is 6.54 Å². The van der Waals surface area contributed by atoms with E-state index in [1.54, 1.807) is 13.8 Å². The third kappa shape index (κ3) is 2.87. The zero-order valence-electron chi connectivity index (χ0n) is 7.60. The van der Waals surface area contributed by atoms with E-state index in [0.717, 1.165) is 0 Å². The van der Waals surface area contributed by atoms with E-state index in [1.165, 1.54) is 0 Å². The minimum absolute atomic E-state index is 0.261. The Labute approximate surface area is 68.0 Å². The molecule has 0 spiro atoms. The van der Waals surface area contributed by atoms with Crippen LogP contribution in [0.1, 0.15) is 27.7 Å². The van der Waals surface area contributed by atoms with E-state index in [1.807, 2.05) is 19.9 Å². The zero-order valence-corrected chi connectivity index (χ0v) is 7.60. The van der Waals surface area contributed by atoms with Crippen LogP contribution in [-0.4, -0.2) is 22.8 Å². The molecule has 11 heavy (non-hydrogen) atoms. The van der Waals surface area contributed by atoms with Crippen molar-refractivity contribution in [2.45, 2.75) is 38.8 Å². The summed E-state index contributed by atoms with van der Waals surface area (Å²) in [7, 11) is 0. The van der Waals surface area contributed by atoms with Crippen molar-refractivity contribution >= 4 is 0 Å². The van der Waals surface area contributed by atoms with Gasteiger partial charge in [0.25, 0.3) is 0 Å². The maximum atomic E-state index is 9.60. The molecular formula is C8H16N2O. The van der Waals surface area contributed by atoms with Crippen molar-refractivity contribution in [3.8, 4) is 6.07 Å². The van der Waals surface area contributed by atoms with Crippen molar-refractivity contribution < 1.29 is 5.11 Å². The Morgan fingerprint density at radius 2 is 1.82 bits per heavy atom. The Bertz CT molecular complexity index is 162. The predicted molar refractivity (Wildman–Crippen MR) is 44.0 cm³/mol. The first-order valence-electron chi connectivity index (χ1n) is 3.65. The van der Waals surface area contributed by atoms with E-state index >= 15 is 0 Å². The molecule has 0 saturated heterocycles. The lowest BCUT2D eigenvalue weighted by Gasteiger charge is -2.37. The summed E-state index contributed by atoms with van der Waals surface area (Å²) in [5.74, 6) is 0. The van der Waals surface area contributed by atoms with E-state index in [4.69, 9.17) is 5.26 Å². The molecule has 0 radical (unpaired) electrons. The Morgan fingerprint density at radius 3 is 2.09 bits per heavy atom. The van der Waals surface area contributed by atoms with Crippen molar-refractivity contribution in [3.05, 3.63) is 0 Å².